The molecule has 1 fully saturated rings. The zero-order valence-corrected chi connectivity index (χ0v) is 12.2. The highest BCUT2D eigenvalue weighted by Gasteiger charge is 2.12. The molecule has 1 aliphatic rings. The van der Waals surface area contributed by atoms with E-state index in [1.54, 1.807) is 11.3 Å². The minimum Gasteiger partial charge on any atom is -0.369 e. The third-order valence-electron chi connectivity index (χ3n) is 3.38. The second-order valence-electron chi connectivity index (χ2n) is 4.85. The topological polar surface area (TPSA) is 24.1 Å². The molecule has 0 aliphatic carbocycles. The number of thiophene rings is 1. The average molecular weight is 293 g/mol. The van der Waals surface area contributed by atoms with Crippen LogP contribution in [0.5, 0.6) is 0 Å². The fourth-order valence-electron chi connectivity index (χ4n) is 2.35. The summed E-state index contributed by atoms with van der Waals surface area (Å²) in [5.74, 6) is 0. The number of anilines is 1. The lowest BCUT2D eigenvalue weighted by atomic mass is 10.1. The van der Waals surface area contributed by atoms with Crippen molar-refractivity contribution in [3.8, 4) is 10.4 Å². The zero-order valence-electron chi connectivity index (χ0n) is 10.7. The SMILES string of the molecule is Clc1ccc(-c2cc(NC3CCCCN3)cs2)cc1. The summed E-state index contributed by atoms with van der Waals surface area (Å²) in [6.07, 6.45) is 4.21. The molecule has 2 N–H and O–H groups in total. The first-order valence-corrected chi connectivity index (χ1v) is 7.91. The minimum absolute atomic E-state index is 0.418. The monoisotopic (exact) mass is 292 g/mol. The third-order valence-corrected chi connectivity index (χ3v) is 4.61. The van der Waals surface area contributed by atoms with Crippen molar-refractivity contribution >= 4 is 28.6 Å². The van der Waals surface area contributed by atoms with Crippen LogP contribution in [0.2, 0.25) is 5.02 Å². The Balaban J connectivity index is 1.70. The molecule has 1 aliphatic heterocycles. The fourth-order valence-corrected chi connectivity index (χ4v) is 3.34. The molecule has 0 amide bonds. The van der Waals surface area contributed by atoms with Gasteiger partial charge in [0.1, 0.15) is 0 Å². The van der Waals surface area contributed by atoms with Crippen LogP contribution in [0.25, 0.3) is 10.4 Å². The lowest BCUT2D eigenvalue weighted by molar-refractivity contribution is 0.433. The van der Waals surface area contributed by atoms with Gasteiger partial charge in [-0.05, 0) is 49.6 Å². The van der Waals surface area contributed by atoms with E-state index in [2.05, 4.69) is 34.2 Å². The summed E-state index contributed by atoms with van der Waals surface area (Å²) in [6.45, 7) is 1.12. The van der Waals surface area contributed by atoms with Gasteiger partial charge in [0.25, 0.3) is 0 Å². The minimum atomic E-state index is 0.418. The van der Waals surface area contributed by atoms with Gasteiger partial charge in [-0.1, -0.05) is 23.7 Å². The van der Waals surface area contributed by atoms with Crippen LogP contribution in [0.15, 0.2) is 35.7 Å². The van der Waals surface area contributed by atoms with Gasteiger partial charge in [-0.2, -0.15) is 0 Å². The highest BCUT2D eigenvalue weighted by atomic mass is 35.5. The predicted molar refractivity (Wildman–Crippen MR) is 84.0 cm³/mol. The Kier molecular flexibility index (Phi) is 4.06. The van der Waals surface area contributed by atoms with Crippen LogP contribution in [0.1, 0.15) is 19.3 Å². The molecule has 2 nitrogen and oxygen atoms in total. The maximum Gasteiger partial charge on any atom is 0.0768 e. The van der Waals surface area contributed by atoms with Crippen LogP contribution in [-0.4, -0.2) is 12.7 Å². The number of benzene rings is 1. The number of rotatable bonds is 3. The molecule has 0 radical (unpaired) electrons. The molecule has 0 saturated carbocycles. The van der Waals surface area contributed by atoms with Gasteiger partial charge in [0.15, 0.2) is 0 Å². The highest BCUT2D eigenvalue weighted by Crippen LogP contribution is 2.31. The first kappa shape index (κ1) is 13.0. The molecule has 19 heavy (non-hydrogen) atoms. The van der Waals surface area contributed by atoms with E-state index in [-0.39, 0.29) is 0 Å². The normalized spacial score (nSPS) is 19.3. The van der Waals surface area contributed by atoms with Crippen LogP contribution >= 0.6 is 22.9 Å². The van der Waals surface area contributed by atoms with Crippen LogP contribution in [0, 0.1) is 0 Å². The summed E-state index contributed by atoms with van der Waals surface area (Å²) in [5, 5.41) is 10.0. The predicted octanol–water partition coefficient (Wildman–Crippen LogP) is 4.58. The van der Waals surface area contributed by atoms with Crippen molar-refractivity contribution in [2.45, 2.75) is 25.4 Å². The van der Waals surface area contributed by atoms with E-state index in [9.17, 15) is 0 Å². The molecule has 2 heterocycles. The molecule has 3 rings (SSSR count). The molecule has 2 aromatic rings. The first-order valence-electron chi connectivity index (χ1n) is 6.66. The summed E-state index contributed by atoms with van der Waals surface area (Å²) >= 11 is 7.68. The molecule has 1 saturated heterocycles. The molecule has 0 bridgehead atoms. The Hall–Kier alpha value is -1.03. The van der Waals surface area contributed by atoms with Crippen molar-refractivity contribution in [1.82, 2.24) is 5.32 Å². The standard InChI is InChI=1S/C15H17ClN2S/c16-12-6-4-11(5-7-12)14-9-13(10-19-14)18-15-3-1-2-8-17-15/h4-7,9-10,15,17-18H,1-3,8H2. The van der Waals surface area contributed by atoms with Crippen LogP contribution in [0.4, 0.5) is 5.69 Å². The van der Waals surface area contributed by atoms with Gasteiger partial charge >= 0.3 is 0 Å². The number of hydrogen-bond acceptors (Lipinski definition) is 3. The third kappa shape index (κ3) is 3.30. The number of hydrogen-bond donors (Lipinski definition) is 2. The molecule has 1 aromatic carbocycles. The number of piperidine rings is 1. The Bertz CT molecular complexity index is 529. The van der Waals surface area contributed by atoms with E-state index >= 15 is 0 Å². The number of nitrogens with one attached hydrogen (secondary N) is 2. The molecular formula is C15H17ClN2S. The summed E-state index contributed by atoms with van der Waals surface area (Å²) in [4.78, 5) is 1.27. The average Bonchev–Trinajstić information content (AvgIpc) is 2.89. The molecule has 1 aromatic heterocycles. The largest absolute Gasteiger partial charge is 0.369 e. The zero-order chi connectivity index (χ0) is 13.1. The first-order chi connectivity index (χ1) is 9.31. The molecule has 1 atom stereocenters. The Morgan fingerprint density at radius 2 is 2.05 bits per heavy atom. The lowest BCUT2D eigenvalue weighted by Crippen LogP contribution is -2.39. The van der Waals surface area contributed by atoms with Gasteiger partial charge < -0.3 is 5.32 Å². The van der Waals surface area contributed by atoms with Crippen molar-refractivity contribution in [2.75, 3.05) is 11.9 Å². The highest BCUT2D eigenvalue weighted by molar-refractivity contribution is 7.14. The lowest BCUT2D eigenvalue weighted by Gasteiger charge is -2.24. The van der Waals surface area contributed by atoms with E-state index in [0.717, 1.165) is 11.6 Å². The molecule has 100 valence electrons. The van der Waals surface area contributed by atoms with Crippen molar-refractivity contribution in [2.24, 2.45) is 0 Å². The van der Waals surface area contributed by atoms with Gasteiger partial charge in [-0.15, -0.1) is 11.3 Å². The van der Waals surface area contributed by atoms with Crippen molar-refractivity contribution in [3.63, 3.8) is 0 Å². The van der Waals surface area contributed by atoms with Crippen LogP contribution in [-0.2, 0) is 0 Å². The summed E-state index contributed by atoms with van der Waals surface area (Å²) in [5.41, 5.74) is 2.42. The van der Waals surface area contributed by atoms with E-state index in [4.69, 9.17) is 11.6 Å². The molecule has 0 spiro atoms. The van der Waals surface area contributed by atoms with Crippen molar-refractivity contribution in [3.05, 3.63) is 40.7 Å². The maximum absolute atomic E-state index is 5.92. The Morgan fingerprint density at radius 1 is 1.21 bits per heavy atom. The van der Waals surface area contributed by atoms with Gasteiger partial charge in [0.05, 0.1) is 6.17 Å². The van der Waals surface area contributed by atoms with Gasteiger partial charge in [0.2, 0.25) is 0 Å². The van der Waals surface area contributed by atoms with Crippen LogP contribution in [0.3, 0.4) is 0 Å². The summed E-state index contributed by atoms with van der Waals surface area (Å²) in [6, 6.07) is 10.2. The molecular weight excluding hydrogens is 276 g/mol. The van der Waals surface area contributed by atoms with E-state index < -0.39 is 0 Å². The van der Waals surface area contributed by atoms with Crippen molar-refractivity contribution < 1.29 is 0 Å². The van der Waals surface area contributed by atoms with Crippen molar-refractivity contribution in [1.29, 1.82) is 0 Å². The van der Waals surface area contributed by atoms with E-state index in [0.29, 0.717) is 6.17 Å². The smallest absolute Gasteiger partial charge is 0.0768 e. The molecule has 4 heteroatoms. The van der Waals surface area contributed by atoms with Crippen LogP contribution < -0.4 is 10.6 Å². The summed E-state index contributed by atoms with van der Waals surface area (Å²) < 4.78 is 0. The van der Waals surface area contributed by atoms with Gasteiger partial charge in [-0.3, -0.25) is 5.32 Å². The summed E-state index contributed by atoms with van der Waals surface area (Å²) in [7, 11) is 0. The second-order valence-corrected chi connectivity index (χ2v) is 6.20. The fraction of sp³-hybridized carbons (Fsp3) is 0.333. The Labute approximate surface area is 122 Å². The quantitative estimate of drug-likeness (QED) is 0.865. The van der Waals surface area contributed by atoms with Gasteiger partial charge in [-0.25, -0.2) is 0 Å². The number of halogens is 1. The maximum atomic E-state index is 5.92. The van der Waals surface area contributed by atoms with E-state index in [1.807, 2.05) is 12.1 Å². The second kappa shape index (κ2) is 5.95. The van der Waals surface area contributed by atoms with E-state index in [1.165, 1.54) is 35.4 Å². The van der Waals surface area contributed by atoms with Gasteiger partial charge in [0, 0.05) is 21.0 Å². The molecule has 1 unspecified atom stereocenters. The Morgan fingerprint density at radius 3 is 2.79 bits per heavy atom.